The van der Waals surface area contributed by atoms with Gasteiger partial charge in [-0.1, -0.05) is 12.1 Å². The highest BCUT2D eigenvalue weighted by Crippen LogP contribution is 2.37. The highest BCUT2D eigenvalue weighted by Gasteiger charge is 2.13. The standard InChI is InChI=1S/C18H21BrFNO2/c1-12(2)23-18-16(19)8-14(9-17(18)22-3)11-21-10-13-4-6-15(20)7-5-13/h4-9,12,21H,10-11H2,1-3H3. The van der Waals surface area contributed by atoms with Gasteiger partial charge in [0.2, 0.25) is 0 Å². The summed E-state index contributed by atoms with van der Waals surface area (Å²) in [5.74, 6) is 1.19. The summed E-state index contributed by atoms with van der Waals surface area (Å²) in [7, 11) is 1.63. The van der Waals surface area contributed by atoms with E-state index in [4.69, 9.17) is 9.47 Å². The Kier molecular flexibility index (Phi) is 6.42. The quantitative estimate of drug-likeness (QED) is 0.755. The van der Waals surface area contributed by atoms with Crippen molar-refractivity contribution in [2.24, 2.45) is 0 Å². The predicted molar refractivity (Wildman–Crippen MR) is 93.4 cm³/mol. The Bertz CT molecular complexity index is 644. The Morgan fingerprint density at radius 2 is 1.74 bits per heavy atom. The first-order valence-electron chi connectivity index (χ1n) is 7.48. The highest BCUT2D eigenvalue weighted by atomic mass is 79.9. The normalized spacial score (nSPS) is 10.9. The van der Waals surface area contributed by atoms with Gasteiger partial charge in [-0.3, -0.25) is 0 Å². The van der Waals surface area contributed by atoms with Gasteiger partial charge in [0, 0.05) is 13.1 Å². The smallest absolute Gasteiger partial charge is 0.175 e. The SMILES string of the molecule is COc1cc(CNCc2ccc(F)cc2)cc(Br)c1OC(C)C. The molecule has 0 unspecified atom stereocenters. The fourth-order valence-electron chi connectivity index (χ4n) is 2.18. The molecule has 0 heterocycles. The van der Waals surface area contributed by atoms with Crippen molar-refractivity contribution in [3.8, 4) is 11.5 Å². The number of methoxy groups -OCH3 is 1. The lowest BCUT2D eigenvalue weighted by atomic mass is 10.2. The van der Waals surface area contributed by atoms with Crippen LogP contribution in [0.25, 0.3) is 0 Å². The molecule has 3 nitrogen and oxygen atoms in total. The second kappa shape index (κ2) is 8.31. The van der Waals surface area contributed by atoms with Crippen molar-refractivity contribution >= 4 is 15.9 Å². The second-order valence-corrected chi connectivity index (χ2v) is 6.36. The predicted octanol–water partition coefficient (Wildman–Crippen LogP) is 4.67. The van der Waals surface area contributed by atoms with Crippen LogP contribution in [0, 0.1) is 5.82 Å². The van der Waals surface area contributed by atoms with Crippen molar-refractivity contribution in [1.29, 1.82) is 0 Å². The molecule has 0 radical (unpaired) electrons. The Hall–Kier alpha value is -1.59. The van der Waals surface area contributed by atoms with E-state index in [2.05, 4.69) is 21.2 Å². The van der Waals surface area contributed by atoms with Crippen LogP contribution in [-0.2, 0) is 13.1 Å². The first-order valence-corrected chi connectivity index (χ1v) is 8.27. The van der Waals surface area contributed by atoms with Crippen molar-refractivity contribution in [2.45, 2.75) is 33.0 Å². The third-order valence-corrected chi connectivity index (χ3v) is 3.80. The van der Waals surface area contributed by atoms with Crippen molar-refractivity contribution in [1.82, 2.24) is 5.32 Å². The average Bonchev–Trinajstić information content (AvgIpc) is 2.51. The highest BCUT2D eigenvalue weighted by molar-refractivity contribution is 9.10. The number of rotatable bonds is 7. The molecule has 0 aliphatic rings. The molecule has 0 atom stereocenters. The Balaban J connectivity index is 2.02. The lowest BCUT2D eigenvalue weighted by Crippen LogP contribution is -2.13. The van der Waals surface area contributed by atoms with Crippen LogP contribution < -0.4 is 14.8 Å². The lowest BCUT2D eigenvalue weighted by Gasteiger charge is -2.16. The first kappa shape index (κ1) is 17.8. The van der Waals surface area contributed by atoms with Crippen LogP contribution in [0.4, 0.5) is 4.39 Å². The van der Waals surface area contributed by atoms with Gasteiger partial charge >= 0.3 is 0 Å². The van der Waals surface area contributed by atoms with E-state index in [1.165, 1.54) is 12.1 Å². The van der Waals surface area contributed by atoms with E-state index in [1.807, 2.05) is 26.0 Å². The summed E-state index contributed by atoms with van der Waals surface area (Å²) in [6.07, 6.45) is 0.0719. The van der Waals surface area contributed by atoms with E-state index in [9.17, 15) is 4.39 Å². The fourth-order valence-corrected chi connectivity index (χ4v) is 2.76. The molecule has 0 saturated carbocycles. The van der Waals surface area contributed by atoms with Crippen LogP contribution in [0.1, 0.15) is 25.0 Å². The maximum atomic E-state index is 12.9. The summed E-state index contributed by atoms with van der Waals surface area (Å²) in [6, 6.07) is 10.5. The molecular formula is C18H21BrFNO2. The number of halogens is 2. The van der Waals surface area contributed by atoms with Gasteiger partial charge in [0.15, 0.2) is 11.5 Å². The zero-order chi connectivity index (χ0) is 16.8. The van der Waals surface area contributed by atoms with E-state index < -0.39 is 0 Å². The number of ether oxygens (including phenoxy) is 2. The van der Waals surface area contributed by atoms with Crippen LogP contribution in [0.15, 0.2) is 40.9 Å². The van der Waals surface area contributed by atoms with Crippen LogP contribution in [0.3, 0.4) is 0 Å². The molecule has 0 bridgehead atoms. The Labute approximate surface area is 144 Å². The summed E-state index contributed by atoms with van der Waals surface area (Å²) in [5.41, 5.74) is 2.11. The topological polar surface area (TPSA) is 30.5 Å². The molecule has 0 saturated heterocycles. The Morgan fingerprint density at radius 3 is 2.35 bits per heavy atom. The van der Waals surface area contributed by atoms with Gasteiger partial charge in [0.1, 0.15) is 5.82 Å². The van der Waals surface area contributed by atoms with Crippen LogP contribution in [-0.4, -0.2) is 13.2 Å². The average molecular weight is 382 g/mol. The monoisotopic (exact) mass is 381 g/mol. The summed E-state index contributed by atoms with van der Waals surface area (Å²) >= 11 is 3.54. The third-order valence-electron chi connectivity index (χ3n) is 3.21. The maximum Gasteiger partial charge on any atom is 0.175 e. The number of hydrogen-bond acceptors (Lipinski definition) is 3. The van der Waals surface area contributed by atoms with Crippen molar-refractivity contribution in [2.75, 3.05) is 7.11 Å². The van der Waals surface area contributed by atoms with Crippen molar-refractivity contribution < 1.29 is 13.9 Å². The molecule has 2 aromatic carbocycles. The second-order valence-electron chi connectivity index (χ2n) is 5.51. The summed E-state index contributed by atoms with van der Waals surface area (Å²) in [6.45, 7) is 5.30. The van der Waals surface area contributed by atoms with E-state index >= 15 is 0 Å². The molecule has 0 aromatic heterocycles. The number of nitrogens with one attached hydrogen (secondary N) is 1. The van der Waals surface area contributed by atoms with Gasteiger partial charge in [-0.15, -0.1) is 0 Å². The summed E-state index contributed by atoms with van der Waals surface area (Å²) in [4.78, 5) is 0. The number of benzene rings is 2. The fraction of sp³-hybridized carbons (Fsp3) is 0.333. The molecule has 0 aliphatic heterocycles. The molecule has 2 rings (SSSR count). The van der Waals surface area contributed by atoms with Gasteiger partial charge in [0.25, 0.3) is 0 Å². The Morgan fingerprint density at radius 1 is 1.09 bits per heavy atom. The number of hydrogen-bond donors (Lipinski definition) is 1. The first-order chi connectivity index (χ1) is 11.0. The van der Waals surface area contributed by atoms with Gasteiger partial charge in [0.05, 0.1) is 17.7 Å². The molecule has 0 aliphatic carbocycles. The molecule has 1 N–H and O–H groups in total. The van der Waals surface area contributed by atoms with Gasteiger partial charge in [-0.05, 0) is 65.2 Å². The van der Waals surface area contributed by atoms with Crippen LogP contribution in [0.5, 0.6) is 11.5 Å². The largest absolute Gasteiger partial charge is 0.493 e. The van der Waals surface area contributed by atoms with Gasteiger partial charge in [-0.25, -0.2) is 4.39 Å². The zero-order valence-corrected chi connectivity index (χ0v) is 15.1. The summed E-state index contributed by atoms with van der Waals surface area (Å²) in [5, 5.41) is 3.34. The van der Waals surface area contributed by atoms with Crippen LogP contribution in [0.2, 0.25) is 0 Å². The molecule has 2 aromatic rings. The molecule has 0 amide bonds. The molecular weight excluding hydrogens is 361 g/mol. The molecule has 0 spiro atoms. The van der Waals surface area contributed by atoms with Gasteiger partial charge < -0.3 is 14.8 Å². The molecule has 0 fully saturated rings. The van der Waals surface area contributed by atoms with E-state index in [0.29, 0.717) is 24.6 Å². The van der Waals surface area contributed by atoms with E-state index in [1.54, 1.807) is 19.2 Å². The van der Waals surface area contributed by atoms with Crippen molar-refractivity contribution in [3.63, 3.8) is 0 Å². The van der Waals surface area contributed by atoms with E-state index in [0.717, 1.165) is 15.6 Å². The maximum absolute atomic E-state index is 12.9. The minimum Gasteiger partial charge on any atom is -0.493 e. The molecule has 5 heteroatoms. The summed E-state index contributed by atoms with van der Waals surface area (Å²) < 4.78 is 24.9. The van der Waals surface area contributed by atoms with Crippen LogP contribution >= 0.6 is 15.9 Å². The van der Waals surface area contributed by atoms with Crippen molar-refractivity contribution in [3.05, 3.63) is 57.8 Å². The van der Waals surface area contributed by atoms with Gasteiger partial charge in [-0.2, -0.15) is 0 Å². The third kappa shape index (κ3) is 5.22. The zero-order valence-electron chi connectivity index (χ0n) is 13.5. The molecule has 23 heavy (non-hydrogen) atoms. The molecule has 124 valence electrons. The lowest BCUT2D eigenvalue weighted by molar-refractivity contribution is 0.228. The van der Waals surface area contributed by atoms with E-state index in [-0.39, 0.29) is 11.9 Å². The minimum absolute atomic E-state index is 0.0719. The minimum atomic E-state index is -0.219.